The van der Waals surface area contributed by atoms with Crippen LogP contribution in [-0.4, -0.2) is 89.3 Å². The normalized spacial score (nSPS) is 20.6. The van der Waals surface area contributed by atoms with Crippen LogP contribution in [0.1, 0.15) is 104 Å². The Bertz CT molecular complexity index is 2730. The van der Waals surface area contributed by atoms with E-state index in [1.165, 1.54) is 12.1 Å². The third kappa shape index (κ3) is 10.9. The van der Waals surface area contributed by atoms with Gasteiger partial charge in [0.1, 0.15) is 47.1 Å². The van der Waals surface area contributed by atoms with E-state index in [1.807, 2.05) is 19.1 Å². The fraction of sp³-hybridized carbons (Fsp3) is 0.458. The smallest absolute Gasteiger partial charge is 0.268 e. The molecule has 8 rings (SSSR count). The predicted molar refractivity (Wildman–Crippen MR) is 239 cm³/mol. The van der Waals surface area contributed by atoms with Crippen LogP contribution in [0.5, 0.6) is 5.75 Å². The summed E-state index contributed by atoms with van der Waals surface area (Å²) in [6.07, 6.45) is 6.59. The number of rotatable bonds is 18. The van der Waals surface area contributed by atoms with Gasteiger partial charge in [-0.2, -0.15) is 10.5 Å². The van der Waals surface area contributed by atoms with E-state index in [0.717, 1.165) is 38.2 Å². The maximum absolute atomic E-state index is 16.4. The Hall–Kier alpha value is -7.28. The minimum atomic E-state index is -1.34. The molecule has 1 unspecified atom stereocenters. The van der Waals surface area contributed by atoms with Gasteiger partial charge in [-0.25, -0.2) is 8.78 Å². The van der Waals surface area contributed by atoms with E-state index < -0.39 is 77.2 Å². The van der Waals surface area contributed by atoms with Crippen LogP contribution in [0.2, 0.25) is 0 Å². The van der Waals surface area contributed by atoms with Gasteiger partial charge >= 0.3 is 0 Å². The second-order valence-electron chi connectivity index (χ2n) is 18.0. The number of aromatic nitrogens is 2. The third-order valence-corrected chi connectivity index (χ3v) is 12.9. The topological polar surface area (TPSA) is 263 Å². The predicted octanol–water partition coefficient (Wildman–Crippen LogP) is 4.29. The van der Waals surface area contributed by atoms with Gasteiger partial charge in [-0.15, -0.1) is 0 Å². The number of amides is 6. The number of carbonyl (C=O) groups excluding carboxylic acids is 6. The number of hydrogen-bond acceptors (Lipinski definition) is 9. The highest BCUT2D eigenvalue weighted by Gasteiger charge is 2.36. The van der Waals surface area contributed by atoms with Crippen molar-refractivity contribution in [2.45, 2.75) is 101 Å². The summed E-state index contributed by atoms with van der Waals surface area (Å²) in [6, 6.07) is 8.98. The van der Waals surface area contributed by atoms with Crippen molar-refractivity contribution in [1.29, 1.82) is 10.5 Å². The molecule has 19 heteroatoms. The summed E-state index contributed by atoms with van der Waals surface area (Å²) in [7, 11) is 0. The number of aromatic amines is 2. The first-order valence-electron chi connectivity index (χ1n) is 22.9. The van der Waals surface area contributed by atoms with Crippen LogP contribution in [-0.2, 0) is 19.2 Å². The van der Waals surface area contributed by atoms with Gasteiger partial charge in [0.05, 0.1) is 24.3 Å². The maximum atomic E-state index is 16.4. The monoisotopic (exact) mass is 918 g/mol. The summed E-state index contributed by atoms with van der Waals surface area (Å²) in [5.74, 6) is -5.66. The molecule has 0 radical (unpaired) electrons. The molecule has 2 aromatic carbocycles. The average molecular weight is 919 g/mol. The summed E-state index contributed by atoms with van der Waals surface area (Å²) in [6.45, 7) is 2.68. The van der Waals surface area contributed by atoms with E-state index in [-0.39, 0.29) is 70.6 Å². The molecule has 2 aliphatic carbocycles. The number of hydrogen-bond donors (Lipinski definition) is 8. The number of fused-ring (bicyclic) bond motifs is 2. The maximum Gasteiger partial charge on any atom is 0.268 e. The van der Waals surface area contributed by atoms with E-state index in [0.29, 0.717) is 49.1 Å². The Kier molecular flexibility index (Phi) is 13.9. The second kappa shape index (κ2) is 20.1. The zero-order chi connectivity index (χ0) is 47.4. The molecule has 0 spiro atoms. The Morgan fingerprint density at radius 3 is 2.18 bits per heavy atom. The van der Waals surface area contributed by atoms with Crippen molar-refractivity contribution in [3.8, 4) is 17.9 Å². The SMILES string of the molecule is CCOc1cccc2[nH]c(C(=O)N[C@@H](CC3CC3)C(=O)N[C@H](C#N)/C=C3\CC(c4c(F)cc5cc(C(=O)N[C@@H](CC6CC6)C(=O)N[C@H](C#N)C[C@@H]6CCCNC6=O)[nH]c5c4F)CNC3=O)cc12. The lowest BCUT2D eigenvalue weighted by molar-refractivity contribution is -0.128. The lowest BCUT2D eigenvalue weighted by atomic mass is 9.86. The van der Waals surface area contributed by atoms with E-state index in [2.05, 4.69) is 41.9 Å². The molecular weight excluding hydrogens is 867 g/mol. The number of nitriles is 2. The third-order valence-electron chi connectivity index (χ3n) is 12.9. The molecule has 2 saturated carbocycles. The quantitative estimate of drug-likeness (QED) is 0.0662. The zero-order valence-electron chi connectivity index (χ0n) is 36.9. The molecule has 2 saturated heterocycles. The van der Waals surface area contributed by atoms with Crippen LogP contribution in [0.15, 0.2) is 48.0 Å². The van der Waals surface area contributed by atoms with Gasteiger partial charge < -0.3 is 46.6 Å². The number of halogens is 2. The Labute approximate surface area is 384 Å². The lowest BCUT2D eigenvalue weighted by Crippen LogP contribution is -2.50. The Morgan fingerprint density at radius 1 is 0.851 bits per heavy atom. The van der Waals surface area contributed by atoms with E-state index in [1.54, 1.807) is 24.3 Å². The molecule has 4 fully saturated rings. The van der Waals surface area contributed by atoms with Crippen LogP contribution in [0.4, 0.5) is 8.78 Å². The molecule has 2 aromatic heterocycles. The molecule has 4 aromatic rings. The summed E-state index contributed by atoms with van der Waals surface area (Å²) in [5.41, 5.74) is 0.182. The molecule has 67 heavy (non-hydrogen) atoms. The standard InChI is InChI=1S/C48H52F2N10O7/c1-2-67-39-7-3-6-34-32(39)20-38(57-34)48(66)60-36(14-25-10-11-25)46(64)56-31(22-52)17-28-15-29(23-54-44(28)62)40-33(49)18-27-19-37(58-42(27)41(40)50)47(65)59-35(13-24-8-9-24)45(63)55-30(21-51)16-26-5-4-12-53-43(26)61/h3,6-7,17-20,24-26,29-31,35-36,57-58H,2,4-5,8-16,23H2,1H3,(H,53,61)(H,54,62)(H,55,63)(H,56,64)(H,59,65)(H,60,66)/b28-17+/t26-,29?,30-,31-,35-,36-/m0/s1. The first-order chi connectivity index (χ1) is 32.3. The van der Waals surface area contributed by atoms with Crippen LogP contribution >= 0.6 is 0 Å². The van der Waals surface area contributed by atoms with Gasteiger partial charge in [0.15, 0.2) is 5.82 Å². The number of carbonyl (C=O) groups is 6. The highest BCUT2D eigenvalue weighted by molar-refractivity contribution is 6.02. The molecule has 2 aliphatic heterocycles. The molecule has 17 nitrogen and oxygen atoms in total. The number of ether oxygens (including phenoxy) is 1. The molecule has 4 aliphatic rings. The molecular formula is C48H52F2N10O7. The van der Waals surface area contributed by atoms with Crippen molar-refractivity contribution < 1.29 is 42.3 Å². The number of nitrogens with one attached hydrogen (secondary N) is 8. The second-order valence-corrected chi connectivity index (χ2v) is 18.0. The zero-order valence-corrected chi connectivity index (χ0v) is 36.9. The average Bonchev–Trinajstić information content (AvgIpc) is 4.23. The number of H-pyrrole nitrogens is 2. The molecule has 350 valence electrons. The molecule has 4 heterocycles. The van der Waals surface area contributed by atoms with E-state index in [4.69, 9.17) is 4.74 Å². The minimum absolute atomic E-state index is 0.000121. The summed E-state index contributed by atoms with van der Waals surface area (Å²) < 4.78 is 38.0. The van der Waals surface area contributed by atoms with Crippen molar-refractivity contribution in [2.75, 3.05) is 19.7 Å². The first-order valence-corrected chi connectivity index (χ1v) is 22.9. The largest absolute Gasteiger partial charge is 0.493 e. The van der Waals surface area contributed by atoms with Crippen LogP contribution in [0, 0.1) is 52.1 Å². The number of nitrogens with zero attached hydrogens (tertiary/aromatic N) is 2. The summed E-state index contributed by atoms with van der Waals surface area (Å²) in [4.78, 5) is 85.4. The Balaban J connectivity index is 0.939. The van der Waals surface area contributed by atoms with Gasteiger partial charge in [0, 0.05) is 52.4 Å². The fourth-order valence-corrected chi connectivity index (χ4v) is 8.99. The molecule has 0 bridgehead atoms. The van der Waals surface area contributed by atoms with Gasteiger partial charge in [0.25, 0.3) is 11.8 Å². The van der Waals surface area contributed by atoms with Gasteiger partial charge in [0.2, 0.25) is 23.6 Å². The highest BCUT2D eigenvalue weighted by Crippen LogP contribution is 2.37. The minimum Gasteiger partial charge on any atom is -0.493 e. The fourth-order valence-electron chi connectivity index (χ4n) is 8.99. The van der Waals surface area contributed by atoms with Gasteiger partial charge in [-0.3, -0.25) is 28.8 Å². The van der Waals surface area contributed by atoms with Crippen molar-refractivity contribution >= 4 is 57.2 Å². The Morgan fingerprint density at radius 2 is 1.54 bits per heavy atom. The summed E-state index contributed by atoms with van der Waals surface area (Å²) >= 11 is 0. The van der Waals surface area contributed by atoms with Crippen LogP contribution in [0.3, 0.4) is 0 Å². The molecule has 6 atom stereocenters. The van der Waals surface area contributed by atoms with Crippen molar-refractivity contribution in [1.82, 2.24) is 41.9 Å². The van der Waals surface area contributed by atoms with E-state index >= 15 is 8.78 Å². The van der Waals surface area contributed by atoms with Crippen molar-refractivity contribution in [3.05, 3.63) is 76.6 Å². The van der Waals surface area contributed by atoms with E-state index in [9.17, 15) is 39.3 Å². The number of benzene rings is 2. The van der Waals surface area contributed by atoms with Crippen LogP contribution < -0.4 is 36.6 Å². The van der Waals surface area contributed by atoms with Crippen LogP contribution in [0.25, 0.3) is 21.8 Å². The first kappa shape index (κ1) is 46.3. The highest BCUT2D eigenvalue weighted by atomic mass is 19.1. The summed E-state index contributed by atoms with van der Waals surface area (Å²) in [5, 5.41) is 36.8. The number of piperidine rings is 2. The molecule has 8 N–H and O–H groups in total. The lowest BCUT2D eigenvalue weighted by Gasteiger charge is -2.26. The molecule has 6 amide bonds. The van der Waals surface area contributed by atoms with Gasteiger partial charge in [-0.05, 0) is 93.7 Å². The van der Waals surface area contributed by atoms with Crippen molar-refractivity contribution in [3.63, 3.8) is 0 Å². The van der Waals surface area contributed by atoms with Gasteiger partial charge in [-0.1, -0.05) is 31.7 Å². The van der Waals surface area contributed by atoms with Crippen molar-refractivity contribution in [2.24, 2.45) is 17.8 Å².